The van der Waals surface area contributed by atoms with Crippen LogP contribution in [0.25, 0.3) is 27.8 Å². The first-order valence-corrected chi connectivity index (χ1v) is 11.6. The predicted molar refractivity (Wildman–Crippen MR) is 125 cm³/mol. The van der Waals surface area contributed by atoms with Crippen LogP contribution >= 0.6 is 0 Å². The van der Waals surface area contributed by atoms with E-state index in [1.807, 2.05) is 24.3 Å². The van der Waals surface area contributed by atoms with Gasteiger partial charge in [0, 0.05) is 29.4 Å². The van der Waals surface area contributed by atoms with Gasteiger partial charge in [-0.3, -0.25) is 14.7 Å². The lowest BCUT2D eigenvalue weighted by atomic mass is 10.2. The molecule has 5 aromatic rings. The summed E-state index contributed by atoms with van der Waals surface area (Å²) in [5, 5.41) is 11.9. The van der Waals surface area contributed by atoms with Crippen LogP contribution in [0.1, 0.15) is 5.69 Å². The summed E-state index contributed by atoms with van der Waals surface area (Å²) in [6, 6.07) is 19.4. The molecule has 0 bridgehead atoms. The number of hydrogen-bond acceptors (Lipinski definition) is 7. The van der Waals surface area contributed by atoms with Crippen molar-refractivity contribution in [3.8, 4) is 5.82 Å². The summed E-state index contributed by atoms with van der Waals surface area (Å²) in [6.07, 6.45) is 1.77. The number of sulfone groups is 1. The summed E-state index contributed by atoms with van der Waals surface area (Å²) >= 11 is 0. The molecule has 0 amide bonds. The Kier molecular flexibility index (Phi) is 4.79. The lowest BCUT2D eigenvalue weighted by molar-refractivity contribution is -0.385. The van der Waals surface area contributed by atoms with Crippen LogP contribution in [0, 0.1) is 10.1 Å². The van der Waals surface area contributed by atoms with E-state index in [9.17, 15) is 18.5 Å². The molecule has 0 saturated carbocycles. The molecule has 0 unspecified atom stereocenters. The van der Waals surface area contributed by atoms with Crippen LogP contribution in [0.2, 0.25) is 0 Å². The van der Waals surface area contributed by atoms with Crippen LogP contribution in [-0.4, -0.2) is 27.9 Å². The Morgan fingerprint density at radius 3 is 2.42 bits per heavy atom. The van der Waals surface area contributed by atoms with E-state index in [0.717, 1.165) is 17.0 Å². The number of anilines is 1. The van der Waals surface area contributed by atoms with Crippen LogP contribution in [0.15, 0.2) is 83.9 Å². The summed E-state index contributed by atoms with van der Waals surface area (Å²) in [6.45, 7) is 0. The summed E-state index contributed by atoms with van der Waals surface area (Å²) in [5.41, 5.74) is 8.51. The van der Waals surface area contributed by atoms with Gasteiger partial charge in [0.05, 0.1) is 32.1 Å². The van der Waals surface area contributed by atoms with Crippen LogP contribution in [0.3, 0.4) is 0 Å². The van der Waals surface area contributed by atoms with Crippen molar-refractivity contribution in [2.45, 2.75) is 10.6 Å². The van der Waals surface area contributed by atoms with Crippen molar-refractivity contribution in [1.82, 2.24) is 14.5 Å². The highest BCUT2D eigenvalue weighted by Crippen LogP contribution is 2.28. The summed E-state index contributed by atoms with van der Waals surface area (Å²) < 4.78 is 28.2. The van der Waals surface area contributed by atoms with Gasteiger partial charge in [-0.05, 0) is 36.4 Å². The highest BCUT2D eigenvalue weighted by Gasteiger charge is 2.23. The molecule has 0 saturated heterocycles. The molecule has 5 rings (SSSR count). The van der Waals surface area contributed by atoms with Gasteiger partial charge < -0.3 is 5.73 Å². The number of para-hydroxylation sites is 2. The normalized spacial score (nSPS) is 11.8. The number of nitro groups is 1. The number of nitrogens with two attached hydrogens (primary N) is 1. The quantitative estimate of drug-likeness (QED) is 0.238. The van der Waals surface area contributed by atoms with E-state index in [0.29, 0.717) is 22.5 Å². The van der Waals surface area contributed by atoms with E-state index in [2.05, 4.69) is 4.98 Å². The SMILES string of the molecule is Nc1cccc2c1ccn2-c1nc2ccccc2nc1CS(=O)(=O)c1cccc([N+](=O)[O-])c1. The monoisotopic (exact) mass is 459 g/mol. The Morgan fingerprint density at radius 2 is 1.67 bits per heavy atom. The molecule has 2 N–H and O–H groups in total. The van der Waals surface area contributed by atoms with Gasteiger partial charge in [0.25, 0.3) is 5.69 Å². The first-order valence-electron chi connectivity index (χ1n) is 9.92. The molecule has 10 heteroatoms. The number of non-ortho nitro benzene ring substituents is 1. The van der Waals surface area contributed by atoms with E-state index in [1.54, 1.807) is 35.0 Å². The second-order valence-electron chi connectivity index (χ2n) is 7.46. The van der Waals surface area contributed by atoms with Gasteiger partial charge >= 0.3 is 0 Å². The van der Waals surface area contributed by atoms with Crippen molar-refractivity contribution in [1.29, 1.82) is 0 Å². The van der Waals surface area contributed by atoms with Crippen LogP contribution in [-0.2, 0) is 15.6 Å². The Morgan fingerprint density at radius 1 is 0.939 bits per heavy atom. The smallest absolute Gasteiger partial charge is 0.270 e. The fraction of sp³-hybridized carbons (Fsp3) is 0.0435. The van der Waals surface area contributed by atoms with E-state index < -0.39 is 20.5 Å². The minimum Gasteiger partial charge on any atom is -0.398 e. The third-order valence-electron chi connectivity index (χ3n) is 5.33. The van der Waals surface area contributed by atoms with Gasteiger partial charge in [0.2, 0.25) is 0 Å². The van der Waals surface area contributed by atoms with E-state index in [-0.39, 0.29) is 16.3 Å². The molecule has 3 aromatic carbocycles. The molecule has 0 fully saturated rings. The Bertz CT molecular complexity index is 1660. The van der Waals surface area contributed by atoms with Gasteiger partial charge in [-0.25, -0.2) is 18.4 Å². The maximum Gasteiger partial charge on any atom is 0.270 e. The number of nitrogen functional groups attached to an aromatic ring is 1. The molecular weight excluding hydrogens is 442 g/mol. The average molecular weight is 459 g/mol. The maximum absolute atomic E-state index is 13.2. The molecule has 2 heterocycles. The first-order chi connectivity index (χ1) is 15.8. The van der Waals surface area contributed by atoms with Crippen molar-refractivity contribution < 1.29 is 13.3 Å². The summed E-state index contributed by atoms with van der Waals surface area (Å²) in [4.78, 5) is 19.6. The molecule has 9 nitrogen and oxygen atoms in total. The number of nitro benzene ring substituents is 1. The van der Waals surface area contributed by atoms with Gasteiger partial charge in [0.1, 0.15) is 5.75 Å². The molecule has 0 radical (unpaired) electrons. The topological polar surface area (TPSA) is 134 Å². The minimum atomic E-state index is -3.96. The zero-order valence-electron chi connectivity index (χ0n) is 17.1. The molecule has 0 atom stereocenters. The fourth-order valence-electron chi connectivity index (χ4n) is 3.75. The van der Waals surface area contributed by atoms with Gasteiger partial charge in [0.15, 0.2) is 15.7 Å². The van der Waals surface area contributed by atoms with Crippen molar-refractivity contribution in [3.05, 3.63) is 94.8 Å². The van der Waals surface area contributed by atoms with E-state index in [1.165, 1.54) is 18.2 Å². The van der Waals surface area contributed by atoms with Gasteiger partial charge in [-0.1, -0.05) is 24.3 Å². The molecule has 0 aliphatic heterocycles. The molecule has 0 aliphatic carbocycles. The minimum absolute atomic E-state index is 0.154. The third-order valence-corrected chi connectivity index (χ3v) is 6.96. The van der Waals surface area contributed by atoms with Crippen molar-refractivity contribution in [2.75, 3.05) is 5.73 Å². The van der Waals surface area contributed by atoms with Crippen LogP contribution < -0.4 is 5.73 Å². The number of hydrogen-bond donors (Lipinski definition) is 1. The molecule has 2 aromatic heterocycles. The molecule has 0 spiro atoms. The average Bonchev–Trinajstić information content (AvgIpc) is 3.24. The number of aromatic nitrogens is 3. The largest absolute Gasteiger partial charge is 0.398 e. The number of fused-ring (bicyclic) bond motifs is 2. The Hall–Kier alpha value is -4.31. The van der Waals surface area contributed by atoms with Crippen LogP contribution in [0.5, 0.6) is 0 Å². The standard InChI is InChI=1S/C23H17N5O4S/c24-18-7-4-10-22-17(18)11-12-27(22)23-21(25-19-8-1-2-9-20(19)26-23)14-33(31,32)16-6-3-5-15(13-16)28(29)30/h1-13H,14,24H2. The maximum atomic E-state index is 13.2. The zero-order chi connectivity index (χ0) is 23.2. The molecular formula is C23H17N5O4S. The number of benzene rings is 3. The predicted octanol–water partition coefficient (Wildman–Crippen LogP) is 4.04. The van der Waals surface area contributed by atoms with Gasteiger partial charge in [-0.2, -0.15) is 0 Å². The van der Waals surface area contributed by atoms with Gasteiger partial charge in [-0.15, -0.1) is 0 Å². The van der Waals surface area contributed by atoms with Crippen molar-refractivity contribution in [3.63, 3.8) is 0 Å². The second kappa shape index (κ2) is 7.68. The van der Waals surface area contributed by atoms with Crippen LogP contribution in [0.4, 0.5) is 11.4 Å². The summed E-state index contributed by atoms with van der Waals surface area (Å²) in [7, 11) is -3.96. The molecule has 33 heavy (non-hydrogen) atoms. The summed E-state index contributed by atoms with van der Waals surface area (Å²) in [5.74, 6) is -0.133. The number of nitrogens with zero attached hydrogens (tertiary/aromatic N) is 4. The van der Waals surface area contributed by atoms with E-state index >= 15 is 0 Å². The van der Waals surface area contributed by atoms with E-state index in [4.69, 9.17) is 10.7 Å². The molecule has 0 aliphatic rings. The highest BCUT2D eigenvalue weighted by molar-refractivity contribution is 7.90. The third kappa shape index (κ3) is 3.66. The first kappa shape index (κ1) is 20.6. The lowest BCUT2D eigenvalue weighted by Crippen LogP contribution is -2.12. The lowest BCUT2D eigenvalue weighted by Gasteiger charge is -2.13. The zero-order valence-corrected chi connectivity index (χ0v) is 17.9. The highest BCUT2D eigenvalue weighted by atomic mass is 32.2. The van der Waals surface area contributed by atoms with Crippen molar-refractivity contribution in [2.24, 2.45) is 0 Å². The molecule has 164 valence electrons. The Labute approximate surface area is 188 Å². The fourth-order valence-corrected chi connectivity index (χ4v) is 5.05. The number of rotatable bonds is 5. The van der Waals surface area contributed by atoms with Crippen molar-refractivity contribution >= 4 is 43.1 Å². The Balaban J connectivity index is 1.70. The second-order valence-corrected chi connectivity index (χ2v) is 9.45.